The predicted octanol–water partition coefficient (Wildman–Crippen LogP) is 4.08. The lowest BCUT2D eigenvalue weighted by atomic mass is 10.0. The normalized spacial score (nSPS) is 11.7. The summed E-state index contributed by atoms with van der Waals surface area (Å²) in [4.78, 5) is 0. The topological polar surface area (TPSA) is 26.2 Å². The van der Waals surface area contributed by atoms with Gasteiger partial charge in [-0.1, -0.05) is 31.2 Å². The van der Waals surface area contributed by atoms with Crippen LogP contribution in [0.2, 0.25) is 0 Å². The Balaban J connectivity index is 0.000000485. The molecule has 0 aliphatic carbocycles. The quantitative estimate of drug-likeness (QED) is 0.604. The molecule has 0 amide bonds. The van der Waals surface area contributed by atoms with Crippen molar-refractivity contribution in [2.45, 2.75) is 19.9 Å². The third kappa shape index (κ3) is 2.51. The molecule has 2 aromatic carbocycles. The molecule has 1 aliphatic heterocycles. The molecule has 1 N–H and O–H groups in total. The number of hydrogen-bond donors (Lipinski definition) is 1. The second kappa shape index (κ2) is 6.47. The van der Waals surface area contributed by atoms with E-state index in [0.717, 1.165) is 18.7 Å². The van der Waals surface area contributed by atoms with Crippen LogP contribution in [0.1, 0.15) is 18.1 Å². The van der Waals surface area contributed by atoms with E-state index in [1.807, 2.05) is 14.1 Å². The Labute approximate surface area is 137 Å². The van der Waals surface area contributed by atoms with E-state index in [0.29, 0.717) is 0 Å². The van der Waals surface area contributed by atoms with Crippen molar-refractivity contribution in [2.24, 2.45) is 0 Å². The van der Waals surface area contributed by atoms with Gasteiger partial charge >= 0.3 is 0 Å². The molecule has 0 fully saturated rings. The van der Waals surface area contributed by atoms with Crippen LogP contribution in [0.5, 0.6) is 5.75 Å². The third-order valence-corrected chi connectivity index (χ3v) is 4.33. The van der Waals surface area contributed by atoms with Gasteiger partial charge in [-0.2, -0.15) is 0 Å². The van der Waals surface area contributed by atoms with Crippen LogP contribution in [0.15, 0.2) is 42.5 Å². The van der Waals surface area contributed by atoms with Crippen LogP contribution in [0, 0.1) is 0 Å². The molecule has 1 aliphatic rings. The van der Waals surface area contributed by atoms with Gasteiger partial charge in [0.25, 0.3) is 0 Å². The van der Waals surface area contributed by atoms with Crippen molar-refractivity contribution in [3.63, 3.8) is 0 Å². The van der Waals surface area contributed by atoms with Gasteiger partial charge < -0.3 is 14.6 Å². The molecule has 0 atom stereocenters. The maximum absolute atomic E-state index is 5.38. The molecule has 0 bridgehead atoms. The van der Waals surface area contributed by atoms with Crippen molar-refractivity contribution >= 4 is 10.9 Å². The summed E-state index contributed by atoms with van der Waals surface area (Å²) in [5.74, 6) is 0.935. The van der Waals surface area contributed by atoms with E-state index < -0.39 is 0 Å². The number of benzene rings is 2. The molecule has 3 aromatic rings. The Bertz CT molecular complexity index is 833. The Morgan fingerprint density at radius 2 is 1.87 bits per heavy atom. The third-order valence-electron chi connectivity index (χ3n) is 4.33. The van der Waals surface area contributed by atoms with Crippen LogP contribution >= 0.6 is 0 Å². The zero-order chi connectivity index (χ0) is 16.4. The van der Waals surface area contributed by atoms with E-state index in [9.17, 15) is 0 Å². The van der Waals surface area contributed by atoms with E-state index in [1.165, 1.54) is 33.3 Å². The van der Waals surface area contributed by atoms with Gasteiger partial charge in [-0.05, 0) is 49.8 Å². The number of aryl methyl sites for hydroxylation is 1. The van der Waals surface area contributed by atoms with Crippen LogP contribution in [-0.4, -0.2) is 25.8 Å². The van der Waals surface area contributed by atoms with E-state index in [4.69, 9.17) is 4.74 Å². The van der Waals surface area contributed by atoms with Gasteiger partial charge in [0.05, 0.1) is 12.8 Å². The first kappa shape index (κ1) is 15.6. The molecule has 2 heterocycles. The first-order valence-corrected chi connectivity index (χ1v) is 8.11. The number of hydrogen-bond acceptors (Lipinski definition) is 2. The summed E-state index contributed by atoms with van der Waals surface area (Å²) >= 11 is 0. The average Bonchev–Trinajstić information content (AvgIpc) is 3.09. The maximum Gasteiger partial charge on any atom is 0.119 e. The minimum absolute atomic E-state index is 0.935. The monoisotopic (exact) mass is 308 g/mol. The van der Waals surface area contributed by atoms with Crippen LogP contribution in [0.4, 0.5) is 0 Å². The maximum atomic E-state index is 5.38. The average molecular weight is 308 g/mol. The number of nitrogens with zero attached hydrogens (tertiary/aromatic N) is 1. The molecule has 120 valence electrons. The van der Waals surface area contributed by atoms with Crippen molar-refractivity contribution in [3.8, 4) is 17.0 Å². The van der Waals surface area contributed by atoms with Crippen molar-refractivity contribution in [1.82, 2.24) is 9.88 Å². The van der Waals surface area contributed by atoms with Gasteiger partial charge in [0.2, 0.25) is 0 Å². The first-order valence-electron chi connectivity index (χ1n) is 8.11. The molecule has 0 spiro atoms. The van der Waals surface area contributed by atoms with Crippen LogP contribution in [0.3, 0.4) is 0 Å². The Hall–Kier alpha value is -2.26. The van der Waals surface area contributed by atoms with Gasteiger partial charge in [-0.25, -0.2) is 0 Å². The van der Waals surface area contributed by atoms with Crippen molar-refractivity contribution in [2.75, 3.05) is 21.2 Å². The van der Waals surface area contributed by atoms with Crippen molar-refractivity contribution < 1.29 is 4.74 Å². The number of nitrogens with one attached hydrogen (secondary N) is 1. The summed E-state index contributed by atoms with van der Waals surface area (Å²) in [7, 11) is 5.48. The largest absolute Gasteiger partial charge is 0.497 e. The highest BCUT2D eigenvalue weighted by Crippen LogP contribution is 2.41. The number of aromatic nitrogens is 1. The highest BCUT2D eigenvalue weighted by Gasteiger charge is 2.24. The van der Waals surface area contributed by atoms with E-state index >= 15 is 0 Å². The predicted molar refractivity (Wildman–Crippen MR) is 97.4 cm³/mol. The van der Waals surface area contributed by atoms with Crippen LogP contribution in [-0.2, 0) is 13.0 Å². The van der Waals surface area contributed by atoms with Gasteiger partial charge in [-0.3, -0.25) is 0 Å². The molecule has 3 heteroatoms. The first-order chi connectivity index (χ1) is 11.2. The number of ether oxygens (including phenoxy) is 1. The molecule has 0 unspecified atom stereocenters. The molecule has 4 rings (SSSR count). The lowest BCUT2D eigenvalue weighted by Gasteiger charge is -2.04. The van der Waals surface area contributed by atoms with Crippen LogP contribution < -0.4 is 10.1 Å². The molecular formula is C20H24N2O. The molecular weight excluding hydrogens is 284 g/mol. The SMILES string of the molecule is CCc1c2n(c3ccc(OC)cc13)Cc1ccccc1-2.CNC. The number of methoxy groups -OCH3 is 1. The number of fused-ring (bicyclic) bond motifs is 5. The van der Waals surface area contributed by atoms with Crippen molar-refractivity contribution in [3.05, 3.63) is 53.6 Å². The summed E-state index contributed by atoms with van der Waals surface area (Å²) in [5.41, 5.74) is 6.96. The Morgan fingerprint density at radius 3 is 2.57 bits per heavy atom. The smallest absolute Gasteiger partial charge is 0.119 e. The fourth-order valence-corrected chi connectivity index (χ4v) is 3.42. The fourth-order valence-electron chi connectivity index (χ4n) is 3.42. The summed E-state index contributed by atoms with van der Waals surface area (Å²) in [6.45, 7) is 3.21. The zero-order valence-corrected chi connectivity index (χ0v) is 14.3. The van der Waals surface area contributed by atoms with Gasteiger partial charge in [0.15, 0.2) is 0 Å². The highest BCUT2D eigenvalue weighted by molar-refractivity contribution is 5.94. The minimum atomic E-state index is 0.935. The zero-order valence-electron chi connectivity index (χ0n) is 14.3. The molecule has 0 saturated carbocycles. The standard InChI is InChI=1S/C18H17NO.C2H7N/c1-3-14-16-10-13(20-2)8-9-17(16)19-11-12-6-4-5-7-15(12)18(14)19;1-3-2/h4-10H,3,11H2,1-2H3;3H,1-2H3. The second-order valence-electron chi connectivity index (χ2n) is 5.81. The molecule has 3 nitrogen and oxygen atoms in total. The molecule has 23 heavy (non-hydrogen) atoms. The van der Waals surface area contributed by atoms with E-state index in [2.05, 4.69) is 59.3 Å². The van der Waals surface area contributed by atoms with Gasteiger partial charge in [-0.15, -0.1) is 0 Å². The molecule has 0 saturated heterocycles. The summed E-state index contributed by atoms with van der Waals surface area (Å²) < 4.78 is 7.83. The lowest BCUT2D eigenvalue weighted by molar-refractivity contribution is 0.415. The number of rotatable bonds is 2. The van der Waals surface area contributed by atoms with E-state index in [-0.39, 0.29) is 0 Å². The highest BCUT2D eigenvalue weighted by atomic mass is 16.5. The Kier molecular flexibility index (Phi) is 4.39. The minimum Gasteiger partial charge on any atom is -0.497 e. The summed E-state index contributed by atoms with van der Waals surface area (Å²) in [5, 5.41) is 4.08. The lowest BCUT2D eigenvalue weighted by Crippen LogP contribution is -1.92. The van der Waals surface area contributed by atoms with Crippen molar-refractivity contribution in [1.29, 1.82) is 0 Å². The fraction of sp³-hybridized carbons (Fsp3) is 0.300. The summed E-state index contributed by atoms with van der Waals surface area (Å²) in [6, 6.07) is 15.1. The molecule has 1 aromatic heterocycles. The van der Waals surface area contributed by atoms with Gasteiger partial charge in [0.1, 0.15) is 5.75 Å². The van der Waals surface area contributed by atoms with Crippen LogP contribution in [0.25, 0.3) is 22.2 Å². The molecule has 0 radical (unpaired) electrons. The summed E-state index contributed by atoms with van der Waals surface area (Å²) in [6.07, 6.45) is 1.04. The second-order valence-corrected chi connectivity index (χ2v) is 5.81. The van der Waals surface area contributed by atoms with Gasteiger partial charge in [0, 0.05) is 23.0 Å². The van der Waals surface area contributed by atoms with E-state index in [1.54, 1.807) is 7.11 Å². The Morgan fingerprint density at radius 1 is 1.13 bits per heavy atom.